The molecule has 0 amide bonds. The standard InChI is InChI=1S/C39H29N/c1-39(2)34-16-10-9-15-33(34)38-35(39)24-21-27-18-17-26-19-20-28-25-31(22-23-32(28)36(26)37(27)38)40(29-11-5-3-6-12-29)30-13-7-4-8-14-30/h3-25H,1-2H3. The molecule has 1 aliphatic rings. The van der Waals surface area contributed by atoms with Crippen molar-refractivity contribution in [3.63, 3.8) is 0 Å². The highest BCUT2D eigenvalue weighted by Gasteiger charge is 2.36. The maximum absolute atomic E-state index is 2.36. The van der Waals surface area contributed by atoms with E-state index in [4.69, 9.17) is 0 Å². The predicted molar refractivity (Wildman–Crippen MR) is 171 cm³/mol. The van der Waals surface area contributed by atoms with Gasteiger partial charge in [-0.05, 0) is 91.0 Å². The van der Waals surface area contributed by atoms with Crippen LogP contribution in [0.5, 0.6) is 0 Å². The summed E-state index contributed by atoms with van der Waals surface area (Å²) in [6.07, 6.45) is 0. The Kier molecular flexibility index (Phi) is 4.93. The largest absolute Gasteiger partial charge is 0.310 e. The molecule has 0 spiro atoms. The topological polar surface area (TPSA) is 3.24 Å². The van der Waals surface area contributed by atoms with Gasteiger partial charge in [0.1, 0.15) is 0 Å². The van der Waals surface area contributed by atoms with Gasteiger partial charge in [-0.15, -0.1) is 0 Å². The molecule has 0 aliphatic heterocycles. The lowest BCUT2D eigenvalue weighted by atomic mass is 9.81. The van der Waals surface area contributed by atoms with Crippen molar-refractivity contribution in [3.05, 3.63) is 151 Å². The molecule has 0 saturated carbocycles. The number of hydrogen-bond acceptors (Lipinski definition) is 1. The summed E-state index contributed by atoms with van der Waals surface area (Å²) >= 11 is 0. The summed E-state index contributed by atoms with van der Waals surface area (Å²) in [4.78, 5) is 2.34. The maximum Gasteiger partial charge on any atom is 0.0468 e. The number of anilines is 3. The van der Waals surface area contributed by atoms with Crippen molar-refractivity contribution < 1.29 is 0 Å². The van der Waals surface area contributed by atoms with Crippen LogP contribution in [-0.4, -0.2) is 0 Å². The van der Waals surface area contributed by atoms with Crippen molar-refractivity contribution >= 4 is 49.4 Å². The number of hydrogen-bond donors (Lipinski definition) is 0. The molecule has 0 unspecified atom stereocenters. The van der Waals surface area contributed by atoms with Crippen LogP contribution in [0.1, 0.15) is 25.0 Å². The zero-order valence-electron chi connectivity index (χ0n) is 22.7. The van der Waals surface area contributed by atoms with E-state index in [1.54, 1.807) is 0 Å². The molecule has 190 valence electrons. The first-order valence-electron chi connectivity index (χ1n) is 14.0. The van der Waals surface area contributed by atoms with Crippen molar-refractivity contribution in [2.24, 2.45) is 0 Å². The summed E-state index contributed by atoms with van der Waals surface area (Å²) in [5.41, 5.74) is 9.03. The quantitative estimate of drug-likeness (QED) is 0.213. The highest BCUT2D eigenvalue weighted by molar-refractivity contribution is 6.25. The summed E-state index contributed by atoms with van der Waals surface area (Å²) in [6.45, 7) is 4.72. The van der Waals surface area contributed by atoms with E-state index in [0.29, 0.717) is 0 Å². The minimum absolute atomic E-state index is 0.0219. The minimum Gasteiger partial charge on any atom is -0.310 e. The Morgan fingerprint density at radius 1 is 0.450 bits per heavy atom. The minimum atomic E-state index is -0.0219. The normalized spacial score (nSPS) is 13.4. The lowest BCUT2D eigenvalue weighted by Crippen LogP contribution is -2.14. The van der Waals surface area contributed by atoms with E-state index in [9.17, 15) is 0 Å². The molecule has 0 aromatic heterocycles. The average molecular weight is 512 g/mol. The molecule has 0 N–H and O–H groups in total. The van der Waals surface area contributed by atoms with Gasteiger partial charge in [-0.2, -0.15) is 0 Å². The monoisotopic (exact) mass is 511 g/mol. The summed E-state index contributed by atoms with van der Waals surface area (Å²) in [6, 6.07) is 51.0. The van der Waals surface area contributed by atoms with E-state index >= 15 is 0 Å². The number of rotatable bonds is 3. The lowest BCUT2D eigenvalue weighted by Gasteiger charge is -2.26. The van der Waals surface area contributed by atoms with Crippen molar-refractivity contribution in [1.29, 1.82) is 0 Å². The lowest BCUT2D eigenvalue weighted by molar-refractivity contribution is 0.661. The fraction of sp³-hybridized carbons (Fsp3) is 0.0769. The molecule has 40 heavy (non-hydrogen) atoms. The number of para-hydroxylation sites is 2. The molecule has 8 rings (SSSR count). The van der Waals surface area contributed by atoms with Gasteiger partial charge in [0, 0.05) is 22.5 Å². The van der Waals surface area contributed by atoms with Crippen molar-refractivity contribution in [3.8, 4) is 11.1 Å². The van der Waals surface area contributed by atoms with Gasteiger partial charge in [0.25, 0.3) is 0 Å². The second kappa shape index (κ2) is 8.56. The van der Waals surface area contributed by atoms with Gasteiger partial charge >= 0.3 is 0 Å². The second-order valence-electron chi connectivity index (χ2n) is 11.4. The molecule has 7 aromatic rings. The van der Waals surface area contributed by atoms with E-state index in [-0.39, 0.29) is 5.41 Å². The molecule has 0 saturated heterocycles. The van der Waals surface area contributed by atoms with E-state index < -0.39 is 0 Å². The molecule has 7 aromatic carbocycles. The Balaban J connectivity index is 1.43. The molecule has 0 heterocycles. The van der Waals surface area contributed by atoms with Crippen LogP contribution in [0.2, 0.25) is 0 Å². The highest BCUT2D eigenvalue weighted by atomic mass is 15.1. The Morgan fingerprint density at radius 3 is 1.73 bits per heavy atom. The van der Waals surface area contributed by atoms with Crippen LogP contribution in [0.25, 0.3) is 43.4 Å². The Hall–Kier alpha value is -4.88. The molecule has 1 aliphatic carbocycles. The van der Waals surface area contributed by atoms with Crippen LogP contribution in [0, 0.1) is 0 Å². The summed E-state index contributed by atoms with van der Waals surface area (Å²) in [5.74, 6) is 0. The zero-order chi connectivity index (χ0) is 26.8. The highest BCUT2D eigenvalue weighted by Crippen LogP contribution is 2.53. The third-order valence-corrected chi connectivity index (χ3v) is 8.80. The first kappa shape index (κ1) is 23.0. The molecular weight excluding hydrogens is 482 g/mol. The van der Waals surface area contributed by atoms with Crippen LogP contribution < -0.4 is 4.90 Å². The van der Waals surface area contributed by atoms with Gasteiger partial charge in [0.05, 0.1) is 0 Å². The Labute approximate surface area is 234 Å². The fourth-order valence-corrected chi connectivity index (χ4v) is 6.89. The zero-order valence-corrected chi connectivity index (χ0v) is 22.7. The van der Waals surface area contributed by atoms with Crippen LogP contribution >= 0.6 is 0 Å². The van der Waals surface area contributed by atoms with Gasteiger partial charge in [-0.25, -0.2) is 0 Å². The van der Waals surface area contributed by atoms with Crippen molar-refractivity contribution in [2.75, 3.05) is 4.90 Å². The maximum atomic E-state index is 2.36. The number of benzene rings is 7. The number of nitrogens with zero attached hydrogens (tertiary/aromatic N) is 1. The van der Waals surface area contributed by atoms with Gasteiger partial charge in [-0.3, -0.25) is 0 Å². The SMILES string of the molecule is CC1(C)c2ccccc2-c2c1ccc1ccc3ccc4cc(N(c5ccccc5)c5ccccc5)ccc4c3c21. The molecule has 1 nitrogen and oxygen atoms in total. The third-order valence-electron chi connectivity index (χ3n) is 8.80. The van der Waals surface area contributed by atoms with Crippen molar-refractivity contribution in [1.82, 2.24) is 0 Å². The van der Waals surface area contributed by atoms with Gasteiger partial charge in [0.15, 0.2) is 0 Å². The van der Waals surface area contributed by atoms with Crippen LogP contribution in [0.3, 0.4) is 0 Å². The van der Waals surface area contributed by atoms with E-state index in [1.807, 2.05) is 0 Å². The molecule has 0 fully saturated rings. The van der Waals surface area contributed by atoms with Gasteiger partial charge in [-0.1, -0.05) is 117 Å². The summed E-state index contributed by atoms with van der Waals surface area (Å²) < 4.78 is 0. The van der Waals surface area contributed by atoms with E-state index in [1.165, 1.54) is 54.6 Å². The van der Waals surface area contributed by atoms with E-state index in [0.717, 1.165) is 17.1 Å². The first-order chi connectivity index (χ1) is 19.6. The van der Waals surface area contributed by atoms with Crippen LogP contribution in [0.4, 0.5) is 17.1 Å². The summed E-state index contributed by atoms with van der Waals surface area (Å²) in [5, 5.41) is 7.84. The summed E-state index contributed by atoms with van der Waals surface area (Å²) in [7, 11) is 0. The molecule has 1 heteroatoms. The van der Waals surface area contributed by atoms with Crippen molar-refractivity contribution in [2.45, 2.75) is 19.3 Å². The van der Waals surface area contributed by atoms with Gasteiger partial charge < -0.3 is 4.90 Å². The predicted octanol–water partition coefficient (Wildman–Crippen LogP) is 10.9. The fourth-order valence-electron chi connectivity index (χ4n) is 6.89. The van der Waals surface area contributed by atoms with Crippen LogP contribution in [-0.2, 0) is 5.41 Å². The smallest absolute Gasteiger partial charge is 0.0468 e. The molecule has 0 atom stereocenters. The molecular formula is C39H29N. The first-order valence-corrected chi connectivity index (χ1v) is 14.0. The Bertz CT molecular complexity index is 2030. The molecule has 0 radical (unpaired) electrons. The van der Waals surface area contributed by atoms with Gasteiger partial charge in [0.2, 0.25) is 0 Å². The third kappa shape index (κ3) is 3.28. The average Bonchev–Trinajstić information content (AvgIpc) is 3.24. The second-order valence-corrected chi connectivity index (χ2v) is 11.4. The number of fused-ring (bicyclic) bond motifs is 9. The molecule has 0 bridgehead atoms. The van der Waals surface area contributed by atoms with Crippen LogP contribution in [0.15, 0.2) is 140 Å². The Morgan fingerprint density at radius 2 is 1.02 bits per heavy atom. The van der Waals surface area contributed by atoms with E-state index in [2.05, 4.69) is 158 Å².